The maximum Gasteiger partial charge on any atom is 0.289 e. The van der Waals surface area contributed by atoms with Crippen molar-refractivity contribution in [1.82, 2.24) is 9.78 Å². The lowest BCUT2D eigenvalue weighted by Crippen LogP contribution is -2.24. The third kappa shape index (κ3) is 2.31. The Morgan fingerprint density at radius 1 is 1.62 bits per heavy atom. The third-order valence-electron chi connectivity index (χ3n) is 1.76. The van der Waals surface area contributed by atoms with Gasteiger partial charge in [0, 0.05) is 7.05 Å². The first kappa shape index (κ1) is 9.77. The fourth-order valence-corrected chi connectivity index (χ4v) is 1.21. The van der Waals surface area contributed by atoms with E-state index in [1.807, 2.05) is 0 Å². The highest BCUT2D eigenvalue weighted by Gasteiger charge is 2.04. The minimum Gasteiger partial charge on any atom is -0.394 e. The molecular weight excluding hydrogens is 166 g/mol. The summed E-state index contributed by atoms with van der Waals surface area (Å²) in [5.41, 5.74) is 6.44. The molecule has 1 aromatic heterocycles. The average molecular weight is 181 g/mol. The quantitative estimate of drug-likeness (QED) is 0.725. The fraction of sp³-hybridized carbons (Fsp3) is 0.556. The van der Waals surface area contributed by atoms with Gasteiger partial charge in [-0.3, -0.25) is 4.79 Å². The third-order valence-corrected chi connectivity index (χ3v) is 1.76. The molecule has 4 heteroatoms. The molecule has 0 saturated heterocycles. The highest BCUT2D eigenvalue weighted by atomic mass is 16.1. The van der Waals surface area contributed by atoms with Crippen molar-refractivity contribution in [3.8, 4) is 0 Å². The zero-order chi connectivity index (χ0) is 10.0. The predicted octanol–water partition coefficient (Wildman–Crippen LogP) is 0.561. The topological polar surface area (TPSA) is 60.9 Å². The van der Waals surface area contributed by atoms with E-state index in [2.05, 4.69) is 18.9 Å². The summed E-state index contributed by atoms with van der Waals surface area (Å²) in [7, 11) is 1.61. The van der Waals surface area contributed by atoms with Crippen LogP contribution in [0.1, 0.15) is 19.5 Å². The Morgan fingerprint density at radius 3 is 2.69 bits per heavy atom. The van der Waals surface area contributed by atoms with E-state index in [1.165, 1.54) is 4.68 Å². The van der Waals surface area contributed by atoms with Gasteiger partial charge >= 0.3 is 0 Å². The maximum absolute atomic E-state index is 11.2. The summed E-state index contributed by atoms with van der Waals surface area (Å²) >= 11 is 0. The zero-order valence-corrected chi connectivity index (χ0v) is 8.24. The molecule has 1 aromatic rings. The molecule has 0 spiro atoms. The first-order valence-corrected chi connectivity index (χ1v) is 4.33. The molecule has 0 unspecified atom stereocenters. The molecule has 0 aliphatic heterocycles. The summed E-state index contributed by atoms with van der Waals surface area (Å²) in [6.45, 7) is 4.20. The van der Waals surface area contributed by atoms with E-state index in [0.29, 0.717) is 5.92 Å². The Balaban J connectivity index is 3.06. The SMILES string of the molecule is CC(C)Cc1cc(N)c(=O)n(C)n1. The van der Waals surface area contributed by atoms with Gasteiger partial charge in [0.05, 0.1) is 5.69 Å². The number of nitrogens with zero attached hydrogens (tertiary/aromatic N) is 2. The number of hydrogen-bond acceptors (Lipinski definition) is 3. The van der Waals surface area contributed by atoms with Gasteiger partial charge in [-0.25, -0.2) is 4.68 Å². The molecule has 0 aliphatic carbocycles. The van der Waals surface area contributed by atoms with Crippen molar-refractivity contribution >= 4 is 5.69 Å². The van der Waals surface area contributed by atoms with Crippen molar-refractivity contribution in [3.05, 3.63) is 22.1 Å². The Labute approximate surface area is 77.4 Å². The molecular formula is C9H15N3O. The zero-order valence-electron chi connectivity index (χ0n) is 8.24. The van der Waals surface area contributed by atoms with Crippen LogP contribution in [0.5, 0.6) is 0 Å². The minimum absolute atomic E-state index is 0.229. The van der Waals surface area contributed by atoms with E-state index in [-0.39, 0.29) is 11.2 Å². The molecule has 0 amide bonds. The van der Waals surface area contributed by atoms with Crippen LogP contribution in [0.2, 0.25) is 0 Å². The standard InChI is InChI=1S/C9H15N3O/c1-6(2)4-7-5-8(10)9(13)12(3)11-7/h5-6H,4,10H2,1-3H3. The number of hydrogen-bond donors (Lipinski definition) is 1. The number of aryl methyl sites for hydroxylation is 1. The van der Waals surface area contributed by atoms with Gasteiger partial charge in [-0.15, -0.1) is 0 Å². The highest BCUT2D eigenvalue weighted by molar-refractivity contribution is 5.35. The van der Waals surface area contributed by atoms with Crippen LogP contribution in [0.4, 0.5) is 5.69 Å². The van der Waals surface area contributed by atoms with Crippen molar-refractivity contribution in [2.24, 2.45) is 13.0 Å². The van der Waals surface area contributed by atoms with E-state index in [4.69, 9.17) is 5.73 Å². The molecule has 1 rings (SSSR count). The second-order valence-electron chi connectivity index (χ2n) is 3.62. The lowest BCUT2D eigenvalue weighted by atomic mass is 10.1. The van der Waals surface area contributed by atoms with Crippen LogP contribution < -0.4 is 11.3 Å². The molecule has 0 aromatic carbocycles. The van der Waals surface area contributed by atoms with Gasteiger partial charge in [0.25, 0.3) is 5.56 Å². The molecule has 0 aliphatic rings. The number of rotatable bonds is 2. The van der Waals surface area contributed by atoms with E-state index < -0.39 is 0 Å². The summed E-state index contributed by atoms with van der Waals surface area (Å²) in [4.78, 5) is 11.2. The molecule has 0 saturated carbocycles. The average Bonchev–Trinajstić information content (AvgIpc) is 1.98. The van der Waals surface area contributed by atoms with Gasteiger partial charge in [0.1, 0.15) is 5.69 Å². The van der Waals surface area contributed by atoms with Crippen molar-refractivity contribution in [3.63, 3.8) is 0 Å². The minimum atomic E-state index is -0.229. The largest absolute Gasteiger partial charge is 0.394 e. The lowest BCUT2D eigenvalue weighted by molar-refractivity contribution is 0.599. The van der Waals surface area contributed by atoms with Gasteiger partial charge in [0.2, 0.25) is 0 Å². The highest BCUT2D eigenvalue weighted by Crippen LogP contribution is 2.05. The predicted molar refractivity (Wildman–Crippen MR) is 52.4 cm³/mol. The van der Waals surface area contributed by atoms with Gasteiger partial charge in [0.15, 0.2) is 0 Å². The van der Waals surface area contributed by atoms with Gasteiger partial charge in [-0.05, 0) is 18.4 Å². The van der Waals surface area contributed by atoms with Crippen LogP contribution in [0.15, 0.2) is 10.9 Å². The molecule has 0 radical (unpaired) electrons. The normalized spacial score (nSPS) is 10.8. The number of aromatic nitrogens is 2. The summed E-state index contributed by atoms with van der Waals surface area (Å²) in [5, 5.41) is 4.10. The smallest absolute Gasteiger partial charge is 0.289 e. The van der Waals surface area contributed by atoms with Crippen molar-refractivity contribution in [2.45, 2.75) is 20.3 Å². The van der Waals surface area contributed by atoms with E-state index in [9.17, 15) is 4.79 Å². The summed E-state index contributed by atoms with van der Waals surface area (Å²) < 4.78 is 1.28. The number of nitrogen functional groups attached to an aromatic ring is 1. The first-order chi connectivity index (χ1) is 6.00. The van der Waals surface area contributed by atoms with E-state index in [1.54, 1.807) is 13.1 Å². The van der Waals surface area contributed by atoms with Gasteiger partial charge in [-0.2, -0.15) is 5.10 Å². The van der Waals surface area contributed by atoms with Crippen LogP contribution in [0.3, 0.4) is 0 Å². The molecule has 0 bridgehead atoms. The number of anilines is 1. The van der Waals surface area contributed by atoms with Crippen LogP contribution in [-0.2, 0) is 13.5 Å². The fourth-order valence-electron chi connectivity index (χ4n) is 1.21. The van der Waals surface area contributed by atoms with Crippen LogP contribution in [0, 0.1) is 5.92 Å². The Kier molecular flexibility index (Phi) is 2.70. The van der Waals surface area contributed by atoms with Crippen LogP contribution in [-0.4, -0.2) is 9.78 Å². The molecule has 72 valence electrons. The molecule has 13 heavy (non-hydrogen) atoms. The van der Waals surface area contributed by atoms with Crippen molar-refractivity contribution < 1.29 is 0 Å². The summed E-state index contributed by atoms with van der Waals surface area (Å²) in [5.74, 6) is 0.518. The lowest BCUT2D eigenvalue weighted by Gasteiger charge is -2.06. The van der Waals surface area contributed by atoms with Crippen molar-refractivity contribution in [1.29, 1.82) is 0 Å². The Hall–Kier alpha value is -1.32. The van der Waals surface area contributed by atoms with E-state index >= 15 is 0 Å². The molecule has 4 nitrogen and oxygen atoms in total. The molecule has 0 atom stereocenters. The maximum atomic E-state index is 11.2. The molecule has 0 fully saturated rings. The van der Waals surface area contributed by atoms with Gasteiger partial charge in [-0.1, -0.05) is 13.8 Å². The second-order valence-corrected chi connectivity index (χ2v) is 3.62. The number of nitrogens with two attached hydrogens (primary N) is 1. The summed E-state index contributed by atoms with van der Waals surface area (Å²) in [6, 6.07) is 1.66. The van der Waals surface area contributed by atoms with Crippen LogP contribution in [0.25, 0.3) is 0 Å². The second kappa shape index (κ2) is 3.60. The van der Waals surface area contributed by atoms with E-state index in [0.717, 1.165) is 12.1 Å². The summed E-state index contributed by atoms with van der Waals surface area (Å²) in [6.07, 6.45) is 0.846. The monoisotopic (exact) mass is 181 g/mol. The van der Waals surface area contributed by atoms with Gasteiger partial charge < -0.3 is 5.73 Å². The Bertz CT molecular complexity index is 328. The Morgan fingerprint density at radius 2 is 2.23 bits per heavy atom. The van der Waals surface area contributed by atoms with Crippen LogP contribution >= 0.6 is 0 Å². The molecule has 1 heterocycles. The van der Waals surface area contributed by atoms with Crippen molar-refractivity contribution in [2.75, 3.05) is 5.73 Å². The first-order valence-electron chi connectivity index (χ1n) is 4.33. The molecule has 2 N–H and O–H groups in total.